The van der Waals surface area contributed by atoms with Gasteiger partial charge in [-0.25, -0.2) is 4.79 Å². The fraction of sp³-hybridized carbons (Fsp3) is 0. The minimum atomic E-state index is -0.958. The SMILES string of the molecule is N#Cc1cc(Cl)ccc1Sc1ccc(C(=O)O)cc1. The third-order valence-electron chi connectivity index (χ3n) is 2.39. The molecule has 0 spiro atoms. The molecule has 0 fully saturated rings. The highest BCUT2D eigenvalue weighted by Crippen LogP contribution is 2.31. The summed E-state index contributed by atoms with van der Waals surface area (Å²) in [6, 6.07) is 13.7. The van der Waals surface area contributed by atoms with Gasteiger partial charge in [0.15, 0.2) is 0 Å². The Balaban J connectivity index is 2.26. The Morgan fingerprint density at radius 3 is 2.47 bits per heavy atom. The Hall–Kier alpha value is -1.96. The predicted molar refractivity (Wildman–Crippen MR) is 73.7 cm³/mol. The molecule has 0 atom stereocenters. The van der Waals surface area contributed by atoms with Crippen LogP contribution in [0.1, 0.15) is 15.9 Å². The predicted octanol–water partition coefficient (Wildman–Crippen LogP) is 4.06. The summed E-state index contributed by atoms with van der Waals surface area (Å²) < 4.78 is 0. The van der Waals surface area contributed by atoms with E-state index in [2.05, 4.69) is 6.07 Å². The summed E-state index contributed by atoms with van der Waals surface area (Å²) in [5.41, 5.74) is 0.737. The van der Waals surface area contributed by atoms with Gasteiger partial charge in [-0.05, 0) is 42.5 Å². The van der Waals surface area contributed by atoms with Crippen molar-refractivity contribution >= 4 is 29.3 Å². The summed E-state index contributed by atoms with van der Waals surface area (Å²) in [4.78, 5) is 12.4. The van der Waals surface area contributed by atoms with Crippen LogP contribution in [0.5, 0.6) is 0 Å². The molecule has 5 heteroatoms. The van der Waals surface area contributed by atoms with E-state index in [-0.39, 0.29) is 5.56 Å². The Kier molecular flexibility index (Phi) is 4.10. The van der Waals surface area contributed by atoms with Crippen molar-refractivity contribution in [1.29, 1.82) is 5.26 Å². The summed E-state index contributed by atoms with van der Waals surface area (Å²) in [7, 11) is 0. The van der Waals surface area contributed by atoms with Gasteiger partial charge in [-0.1, -0.05) is 23.4 Å². The summed E-state index contributed by atoms with van der Waals surface area (Å²) >= 11 is 7.22. The molecule has 1 N–H and O–H groups in total. The molecule has 94 valence electrons. The maximum atomic E-state index is 10.7. The first-order valence-corrected chi connectivity index (χ1v) is 6.50. The molecule has 3 nitrogen and oxygen atoms in total. The molecular formula is C14H8ClNO2S. The molecule has 0 unspecified atom stereocenters. The van der Waals surface area contributed by atoms with Crippen molar-refractivity contribution in [3.63, 3.8) is 0 Å². The van der Waals surface area contributed by atoms with Gasteiger partial charge in [0.25, 0.3) is 0 Å². The maximum absolute atomic E-state index is 10.7. The van der Waals surface area contributed by atoms with Gasteiger partial charge < -0.3 is 5.11 Å². The van der Waals surface area contributed by atoms with Crippen molar-refractivity contribution in [2.75, 3.05) is 0 Å². The van der Waals surface area contributed by atoms with Crippen LogP contribution < -0.4 is 0 Å². The molecule has 0 saturated heterocycles. The van der Waals surface area contributed by atoms with Crippen LogP contribution in [-0.2, 0) is 0 Å². The molecule has 0 radical (unpaired) electrons. The quantitative estimate of drug-likeness (QED) is 0.925. The lowest BCUT2D eigenvalue weighted by Crippen LogP contribution is -1.94. The molecule has 0 saturated carbocycles. The van der Waals surface area contributed by atoms with Crippen LogP contribution in [0, 0.1) is 11.3 Å². The minimum absolute atomic E-state index is 0.237. The lowest BCUT2D eigenvalue weighted by molar-refractivity contribution is 0.0697. The lowest BCUT2D eigenvalue weighted by atomic mass is 10.2. The fourth-order valence-corrected chi connectivity index (χ4v) is 2.52. The van der Waals surface area contributed by atoms with Gasteiger partial charge in [-0.2, -0.15) is 5.26 Å². The number of nitrogens with zero attached hydrogens (tertiary/aromatic N) is 1. The Bertz CT molecular complexity index is 662. The largest absolute Gasteiger partial charge is 0.478 e. The van der Waals surface area contributed by atoms with Gasteiger partial charge in [0.2, 0.25) is 0 Å². The molecule has 2 rings (SSSR count). The first kappa shape index (κ1) is 13.5. The summed E-state index contributed by atoms with van der Waals surface area (Å²) in [6.45, 7) is 0. The smallest absolute Gasteiger partial charge is 0.335 e. The average molecular weight is 290 g/mol. The van der Waals surface area contributed by atoms with Gasteiger partial charge in [0, 0.05) is 14.8 Å². The van der Waals surface area contributed by atoms with Crippen molar-refractivity contribution in [3.05, 3.63) is 58.6 Å². The van der Waals surface area contributed by atoms with Crippen molar-refractivity contribution in [3.8, 4) is 6.07 Å². The fourth-order valence-electron chi connectivity index (χ4n) is 1.47. The van der Waals surface area contributed by atoms with E-state index in [4.69, 9.17) is 22.0 Å². The van der Waals surface area contributed by atoms with Crippen molar-refractivity contribution < 1.29 is 9.90 Å². The lowest BCUT2D eigenvalue weighted by Gasteiger charge is -2.04. The topological polar surface area (TPSA) is 61.1 Å². The van der Waals surface area contributed by atoms with E-state index in [1.807, 2.05) is 0 Å². The van der Waals surface area contributed by atoms with Crippen LogP contribution >= 0.6 is 23.4 Å². The Morgan fingerprint density at radius 1 is 1.21 bits per heavy atom. The number of aromatic carboxylic acids is 1. The van der Waals surface area contributed by atoms with Gasteiger partial charge in [-0.15, -0.1) is 0 Å². The van der Waals surface area contributed by atoms with E-state index in [1.165, 1.54) is 23.9 Å². The number of carboxylic acid groups (broad SMARTS) is 1. The third-order valence-corrected chi connectivity index (χ3v) is 3.71. The maximum Gasteiger partial charge on any atom is 0.335 e. The van der Waals surface area contributed by atoms with Gasteiger partial charge in [0.05, 0.1) is 11.1 Å². The second-order valence-electron chi connectivity index (χ2n) is 3.68. The number of nitriles is 1. The molecule has 0 bridgehead atoms. The zero-order valence-electron chi connectivity index (χ0n) is 9.63. The van der Waals surface area contributed by atoms with Crippen molar-refractivity contribution in [1.82, 2.24) is 0 Å². The Morgan fingerprint density at radius 2 is 1.89 bits per heavy atom. The van der Waals surface area contributed by atoms with Crippen LogP contribution in [-0.4, -0.2) is 11.1 Å². The van der Waals surface area contributed by atoms with E-state index in [9.17, 15) is 4.79 Å². The number of halogens is 1. The molecule has 0 amide bonds. The molecule has 0 aliphatic heterocycles. The van der Waals surface area contributed by atoms with Gasteiger partial charge >= 0.3 is 5.97 Å². The highest BCUT2D eigenvalue weighted by Gasteiger charge is 2.06. The van der Waals surface area contributed by atoms with E-state index in [0.29, 0.717) is 10.6 Å². The van der Waals surface area contributed by atoms with Crippen LogP contribution in [0.3, 0.4) is 0 Å². The zero-order chi connectivity index (χ0) is 13.8. The second-order valence-corrected chi connectivity index (χ2v) is 5.24. The number of benzene rings is 2. The number of hydrogen-bond donors (Lipinski definition) is 1. The van der Waals surface area contributed by atoms with Gasteiger partial charge in [0.1, 0.15) is 6.07 Å². The van der Waals surface area contributed by atoms with Crippen molar-refractivity contribution in [2.24, 2.45) is 0 Å². The first-order valence-electron chi connectivity index (χ1n) is 5.31. The van der Waals surface area contributed by atoms with E-state index >= 15 is 0 Å². The molecule has 2 aromatic carbocycles. The molecule has 2 aromatic rings. The van der Waals surface area contributed by atoms with Crippen LogP contribution in [0.25, 0.3) is 0 Å². The molecule has 0 aliphatic carbocycles. The number of hydrogen-bond acceptors (Lipinski definition) is 3. The monoisotopic (exact) mass is 289 g/mol. The molecule has 0 heterocycles. The molecule has 0 aromatic heterocycles. The van der Waals surface area contributed by atoms with Gasteiger partial charge in [-0.3, -0.25) is 0 Å². The highest BCUT2D eigenvalue weighted by atomic mass is 35.5. The van der Waals surface area contributed by atoms with Crippen LogP contribution in [0.4, 0.5) is 0 Å². The Labute approximate surface area is 119 Å². The first-order chi connectivity index (χ1) is 9.10. The second kappa shape index (κ2) is 5.79. The summed E-state index contributed by atoms with van der Waals surface area (Å²) in [5.74, 6) is -0.958. The molecular weight excluding hydrogens is 282 g/mol. The van der Waals surface area contributed by atoms with Crippen LogP contribution in [0.15, 0.2) is 52.3 Å². The highest BCUT2D eigenvalue weighted by molar-refractivity contribution is 7.99. The summed E-state index contributed by atoms with van der Waals surface area (Å²) in [6.07, 6.45) is 0. The normalized spacial score (nSPS) is 9.89. The van der Waals surface area contributed by atoms with E-state index < -0.39 is 5.97 Å². The van der Waals surface area contributed by atoms with Crippen LogP contribution in [0.2, 0.25) is 5.02 Å². The minimum Gasteiger partial charge on any atom is -0.478 e. The summed E-state index contributed by atoms with van der Waals surface area (Å²) in [5, 5.41) is 18.4. The number of rotatable bonds is 3. The molecule has 0 aliphatic rings. The van der Waals surface area contributed by atoms with E-state index in [1.54, 1.807) is 30.3 Å². The van der Waals surface area contributed by atoms with Crippen molar-refractivity contribution in [2.45, 2.75) is 9.79 Å². The zero-order valence-corrected chi connectivity index (χ0v) is 11.2. The number of carbonyl (C=O) groups is 1. The standard InChI is InChI=1S/C14H8ClNO2S/c15-11-3-6-13(10(7-11)8-16)19-12-4-1-9(2-5-12)14(17)18/h1-7H,(H,17,18). The third kappa shape index (κ3) is 3.28. The molecule has 19 heavy (non-hydrogen) atoms. The van der Waals surface area contributed by atoms with E-state index in [0.717, 1.165) is 9.79 Å². The average Bonchev–Trinajstić information content (AvgIpc) is 2.41. The number of carboxylic acids is 1.